The van der Waals surface area contributed by atoms with Crippen LogP contribution >= 0.6 is 0 Å². The Morgan fingerprint density at radius 1 is 1.26 bits per heavy atom. The van der Waals surface area contributed by atoms with Crippen molar-refractivity contribution in [3.63, 3.8) is 0 Å². The summed E-state index contributed by atoms with van der Waals surface area (Å²) in [5.74, 6) is -1.21. The molecule has 0 spiro atoms. The number of carbonyl (C=O) groups excluding carboxylic acids is 2. The molecule has 0 aliphatic rings. The smallest absolute Gasteiger partial charge is 0.257 e. The summed E-state index contributed by atoms with van der Waals surface area (Å²) in [6.45, 7) is 3.82. The Kier molecular flexibility index (Phi) is 5.03. The van der Waals surface area contributed by atoms with E-state index in [1.165, 1.54) is 21.9 Å². The molecule has 0 unspecified atom stereocenters. The number of hydrogen-bond acceptors (Lipinski definition) is 2. The zero-order chi connectivity index (χ0) is 14.6. The third-order valence-corrected chi connectivity index (χ3v) is 2.85. The molecule has 1 rings (SSSR count). The monoisotopic (exact) mass is 266 g/mol. The molecule has 0 N–H and O–H groups in total. The van der Waals surface area contributed by atoms with E-state index in [4.69, 9.17) is 0 Å². The van der Waals surface area contributed by atoms with Crippen molar-refractivity contribution in [2.75, 3.05) is 27.2 Å². The van der Waals surface area contributed by atoms with Gasteiger partial charge in [0.2, 0.25) is 5.91 Å². The van der Waals surface area contributed by atoms with Crippen LogP contribution in [0.25, 0.3) is 0 Å². The molecular weight excluding hydrogens is 247 g/mol. The molecule has 0 fully saturated rings. The van der Waals surface area contributed by atoms with Crippen molar-refractivity contribution in [1.29, 1.82) is 0 Å². The van der Waals surface area contributed by atoms with Gasteiger partial charge in [0.05, 0.1) is 12.1 Å². The van der Waals surface area contributed by atoms with Gasteiger partial charge in [0.1, 0.15) is 5.82 Å². The summed E-state index contributed by atoms with van der Waals surface area (Å²) in [6.07, 6.45) is 0. The number of rotatable bonds is 4. The number of benzene rings is 1. The molecule has 19 heavy (non-hydrogen) atoms. The van der Waals surface area contributed by atoms with Gasteiger partial charge in [-0.15, -0.1) is 0 Å². The van der Waals surface area contributed by atoms with Crippen molar-refractivity contribution < 1.29 is 14.0 Å². The van der Waals surface area contributed by atoms with Crippen LogP contribution in [-0.4, -0.2) is 48.8 Å². The van der Waals surface area contributed by atoms with Gasteiger partial charge in [-0.25, -0.2) is 4.39 Å². The molecule has 0 heterocycles. The van der Waals surface area contributed by atoms with Crippen LogP contribution in [0.1, 0.15) is 22.8 Å². The lowest BCUT2D eigenvalue weighted by Gasteiger charge is -2.22. The van der Waals surface area contributed by atoms with E-state index in [1.807, 2.05) is 0 Å². The van der Waals surface area contributed by atoms with Crippen molar-refractivity contribution in [2.24, 2.45) is 0 Å². The van der Waals surface area contributed by atoms with Crippen LogP contribution in [0.5, 0.6) is 0 Å². The first-order valence-electron chi connectivity index (χ1n) is 6.12. The van der Waals surface area contributed by atoms with Crippen LogP contribution in [0.15, 0.2) is 18.2 Å². The van der Waals surface area contributed by atoms with Crippen molar-refractivity contribution in [2.45, 2.75) is 13.8 Å². The molecule has 2 amide bonds. The Hall–Kier alpha value is -1.91. The summed E-state index contributed by atoms with van der Waals surface area (Å²) in [4.78, 5) is 26.5. The van der Waals surface area contributed by atoms with Gasteiger partial charge in [-0.1, -0.05) is 6.07 Å². The highest BCUT2D eigenvalue weighted by Gasteiger charge is 2.20. The molecule has 0 radical (unpaired) electrons. The van der Waals surface area contributed by atoms with Gasteiger partial charge in [0.25, 0.3) is 5.91 Å². The number of aryl methyl sites for hydroxylation is 1. The first-order chi connectivity index (χ1) is 8.86. The molecule has 0 bridgehead atoms. The SMILES string of the molecule is CCN(CC(=O)N(C)C)C(=O)c1ccc(C)cc1F. The molecule has 0 saturated carbocycles. The average molecular weight is 266 g/mol. The molecule has 1 aromatic rings. The maximum absolute atomic E-state index is 13.8. The van der Waals surface area contributed by atoms with Crippen molar-refractivity contribution >= 4 is 11.8 Å². The summed E-state index contributed by atoms with van der Waals surface area (Å²) in [7, 11) is 3.24. The quantitative estimate of drug-likeness (QED) is 0.832. The first-order valence-corrected chi connectivity index (χ1v) is 6.12. The first kappa shape index (κ1) is 15.1. The minimum Gasteiger partial charge on any atom is -0.347 e. The summed E-state index contributed by atoms with van der Waals surface area (Å²) in [5.41, 5.74) is 0.750. The molecule has 0 atom stereocenters. The summed E-state index contributed by atoms with van der Waals surface area (Å²) >= 11 is 0. The zero-order valence-corrected chi connectivity index (χ0v) is 11.7. The van der Waals surface area contributed by atoms with Crippen molar-refractivity contribution in [3.05, 3.63) is 35.1 Å². The van der Waals surface area contributed by atoms with Crippen LogP contribution in [0.3, 0.4) is 0 Å². The minimum atomic E-state index is -0.555. The predicted molar refractivity (Wildman–Crippen MR) is 71.4 cm³/mol. The van der Waals surface area contributed by atoms with E-state index < -0.39 is 11.7 Å². The maximum atomic E-state index is 13.8. The van der Waals surface area contributed by atoms with Gasteiger partial charge >= 0.3 is 0 Å². The van der Waals surface area contributed by atoms with E-state index in [0.29, 0.717) is 6.54 Å². The molecule has 0 aromatic heterocycles. The van der Waals surface area contributed by atoms with Crippen LogP contribution < -0.4 is 0 Å². The fraction of sp³-hybridized carbons (Fsp3) is 0.429. The number of hydrogen-bond donors (Lipinski definition) is 0. The van der Waals surface area contributed by atoms with E-state index in [0.717, 1.165) is 5.56 Å². The summed E-state index contributed by atoms with van der Waals surface area (Å²) in [6, 6.07) is 4.45. The third-order valence-electron chi connectivity index (χ3n) is 2.85. The highest BCUT2D eigenvalue weighted by atomic mass is 19.1. The van der Waals surface area contributed by atoms with E-state index in [2.05, 4.69) is 0 Å². The van der Waals surface area contributed by atoms with Gasteiger partial charge < -0.3 is 9.80 Å². The standard InChI is InChI=1S/C14H19FN2O2/c1-5-17(9-13(18)16(3)4)14(19)11-7-6-10(2)8-12(11)15/h6-8H,5,9H2,1-4H3. The highest BCUT2D eigenvalue weighted by molar-refractivity contribution is 5.96. The molecule has 0 aliphatic carbocycles. The van der Waals surface area contributed by atoms with Gasteiger partial charge in [0, 0.05) is 20.6 Å². The van der Waals surface area contributed by atoms with Crippen LogP contribution in [-0.2, 0) is 4.79 Å². The number of carbonyl (C=O) groups is 2. The molecule has 4 nitrogen and oxygen atoms in total. The van der Waals surface area contributed by atoms with E-state index in [9.17, 15) is 14.0 Å². The lowest BCUT2D eigenvalue weighted by atomic mass is 10.1. The van der Waals surface area contributed by atoms with Crippen LogP contribution in [0.4, 0.5) is 4.39 Å². The molecule has 0 saturated heterocycles. The topological polar surface area (TPSA) is 40.6 Å². The number of halogens is 1. The second-order valence-corrected chi connectivity index (χ2v) is 4.59. The van der Waals surface area contributed by atoms with Gasteiger partial charge in [-0.3, -0.25) is 9.59 Å². The Bertz CT molecular complexity index is 486. The predicted octanol–water partition coefficient (Wildman–Crippen LogP) is 1.68. The fourth-order valence-electron chi connectivity index (χ4n) is 1.60. The van der Waals surface area contributed by atoms with E-state index >= 15 is 0 Å². The van der Waals surface area contributed by atoms with E-state index in [-0.39, 0.29) is 18.0 Å². The normalized spacial score (nSPS) is 10.2. The molecule has 104 valence electrons. The molecule has 0 aliphatic heterocycles. The van der Waals surface area contributed by atoms with Gasteiger partial charge in [-0.05, 0) is 31.5 Å². The Balaban J connectivity index is 2.92. The zero-order valence-electron chi connectivity index (χ0n) is 11.7. The Morgan fingerprint density at radius 3 is 2.37 bits per heavy atom. The van der Waals surface area contributed by atoms with Crippen LogP contribution in [0, 0.1) is 12.7 Å². The highest BCUT2D eigenvalue weighted by Crippen LogP contribution is 2.12. The lowest BCUT2D eigenvalue weighted by Crippen LogP contribution is -2.40. The van der Waals surface area contributed by atoms with Gasteiger partial charge in [-0.2, -0.15) is 0 Å². The second kappa shape index (κ2) is 6.31. The van der Waals surface area contributed by atoms with Crippen molar-refractivity contribution in [3.8, 4) is 0 Å². The minimum absolute atomic E-state index is 0.000920. The third kappa shape index (κ3) is 3.77. The number of nitrogens with zero attached hydrogens (tertiary/aromatic N) is 2. The summed E-state index contributed by atoms with van der Waals surface area (Å²) < 4.78 is 13.8. The Morgan fingerprint density at radius 2 is 1.89 bits per heavy atom. The van der Waals surface area contributed by atoms with E-state index in [1.54, 1.807) is 34.0 Å². The fourth-order valence-corrected chi connectivity index (χ4v) is 1.60. The Labute approximate surface area is 112 Å². The average Bonchev–Trinajstić information content (AvgIpc) is 2.34. The largest absolute Gasteiger partial charge is 0.347 e. The summed E-state index contributed by atoms with van der Waals surface area (Å²) in [5, 5.41) is 0. The number of amides is 2. The maximum Gasteiger partial charge on any atom is 0.257 e. The number of likely N-dealkylation sites (N-methyl/N-ethyl adjacent to an activating group) is 2. The lowest BCUT2D eigenvalue weighted by molar-refractivity contribution is -0.129. The molecular formula is C14H19FN2O2. The molecule has 5 heteroatoms. The second-order valence-electron chi connectivity index (χ2n) is 4.59. The molecule has 1 aromatic carbocycles. The van der Waals surface area contributed by atoms with Crippen molar-refractivity contribution in [1.82, 2.24) is 9.80 Å². The van der Waals surface area contributed by atoms with Crippen LogP contribution in [0.2, 0.25) is 0 Å². The van der Waals surface area contributed by atoms with Gasteiger partial charge in [0.15, 0.2) is 0 Å².